The summed E-state index contributed by atoms with van der Waals surface area (Å²) in [7, 11) is 1.88. The SMILES string of the molecule is CCN(CC)c1c([C]2[CH][CH][CH][CH]2)n[n+](C)nc1[C]1[CH][CH][CH][CH]1.[CH]1[CH][CH][CH][CH]1.[CH]1[CH][CH][CH][CH]1.[Fe+2].[Fe+2].[I-]. The second kappa shape index (κ2) is 20.5. The van der Waals surface area contributed by atoms with E-state index in [-0.39, 0.29) is 58.1 Å². The van der Waals surface area contributed by atoms with Crippen molar-refractivity contribution in [2.75, 3.05) is 18.0 Å². The third-order valence-corrected chi connectivity index (χ3v) is 5.00. The fraction of sp³-hybridized carbons (Fsp3) is 0.179. The van der Waals surface area contributed by atoms with Gasteiger partial charge >= 0.3 is 34.1 Å². The van der Waals surface area contributed by atoms with Crippen molar-refractivity contribution in [3.05, 3.63) is 139 Å². The third kappa shape index (κ3) is 11.5. The van der Waals surface area contributed by atoms with E-state index < -0.39 is 0 Å². The normalized spacial score (nSPS) is 19.4. The molecule has 4 aliphatic carbocycles. The Bertz CT molecular complexity index is 590. The summed E-state index contributed by atoms with van der Waals surface area (Å²) in [4.78, 5) is 3.99. The van der Waals surface area contributed by atoms with Crippen molar-refractivity contribution in [1.82, 2.24) is 10.2 Å². The van der Waals surface area contributed by atoms with Gasteiger partial charge in [0, 0.05) is 39.9 Å². The van der Waals surface area contributed by atoms with E-state index >= 15 is 0 Å². The minimum Gasteiger partial charge on any atom is -1.00 e. The van der Waals surface area contributed by atoms with E-state index in [0.29, 0.717) is 0 Å². The van der Waals surface area contributed by atoms with Crippen molar-refractivity contribution >= 4 is 5.69 Å². The average Bonchev–Trinajstić information content (AvgIpc) is 3.65. The summed E-state index contributed by atoms with van der Waals surface area (Å²) in [5.41, 5.74) is 3.09. The van der Waals surface area contributed by atoms with Gasteiger partial charge in [-0.2, -0.15) is 0 Å². The minimum absolute atomic E-state index is 0. The van der Waals surface area contributed by atoms with E-state index in [1.165, 1.54) is 0 Å². The molecule has 182 valence electrons. The van der Waals surface area contributed by atoms with E-state index in [2.05, 4.69) is 54.6 Å². The second-order valence-electron chi connectivity index (χ2n) is 7.18. The Morgan fingerprint density at radius 2 is 0.857 bits per heavy atom. The van der Waals surface area contributed by atoms with Gasteiger partial charge in [0.05, 0.1) is 5.69 Å². The summed E-state index contributed by atoms with van der Waals surface area (Å²) >= 11 is 0. The largest absolute Gasteiger partial charge is 2.00 e. The van der Waals surface area contributed by atoms with Gasteiger partial charge in [0.25, 0.3) is 0 Å². The maximum atomic E-state index is 4.67. The van der Waals surface area contributed by atoms with E-state index in [4.69, 9.17) is 0 Å². The first-order valence-electron chi connectivity index (χ1n) is 11.1. The number of anilines is 1. The summed E-state index contributed by atoms with van der Waals surface area (Å²) in [6.07, 6.45) is 36.6. The first-order chi connectivity index (χ1) is 15.7. The number of hydrogen-bond acceptors (Lipinski definition) is 3. The average molecular weight is 662 g/mol. The topological polar surface area (TPSA) is 32.9 Å². The predicted molar refractivity (Wildman–Crippen MR) is 129 cm³/mol. The van der Waals surface area contributed by atoms with Gasteiger partial charge < -0.3 is 28.9 Å². The van der Waals surface area contributed by atoms with Gasteiger partial charge in [-0.05, 0) is 129 Å². The molecular formula is C28H31Fe2IN4+4. The molecule has 1 heterocycles. The molecule has 4 nitrogen and oxygen atoms in total. The zero-order valence-corrected chi connectivity index (χ0v) is 24.5. The van der Waals surface area contributed by atoms with Crippen LogP contribution in [0.25, 0.3) is 0 Å². The third-order valence-electron chi connectivity index (χ3n) is 5.00. The number of nitrogens with zero attached hydrogens (tertiary/aromatic N) is 4. The van der Waals surface area contributed by atoms with Crippen molar-refractivity contribution < 1.29 is 62.9 Å². The van der Waals surface area contributed by atoms with Crippen LogP contribution in [0.2, 0.25) is 0 Å². The number of aryl methyl sites for hydroxylation is 1. The molecule has 0 saturated heterocycles. The predicted octanol–water partition coefficient (Wildman–Crippen LogP) is 0.696. The van der Waals surface area contributed by atoms with Crippen LogP contribution < -0.4 is 33.7 Å². The molecule has 0 unspecified atom stereocenters. The minimum atomic E-state index is 0. The van der Waals surface area contributed by atoms with Crippen LogP contribution in [-0.2, 0) is 41.2 Å². The van der Waals surface area contributed by atoms with Gasteiger partial charge in [-0.15, -0.1) is 0 Å². The Kier molecular flexibility index (Phi) is 20.9. The monoisotopic (exact) mass is 662 g/mol. The Morgan fingerprint density at radius 1 is 0.571 bits per heavy atom. The molecule has 4 saturated carbocycles. The molecule has 5 rings (SSSR count). The Morgan fingerprint density at radius 3 is 1.11 bits per heavy atom. The van der Waals surface area contributed by atoms with Crippen molar-refractivity contribution in [1.29, 1.82) is 0 Å². The second-order valence-corrected chi connectivity index (χ2v) is 7.18. The molecule has 0 amide bonds. The molecule has 0 aliphatic heterocycles. The molecule has 4 aliphatic rings. The molecule has 0 atom stereocenters. The summed E-state index contributed by atoms with van der Waals surface area (Å²) in [6.45, 7) is 6.18. The molecule has 0 N–H and O–H groups in total. The zero-order valence-electron chi connectivity index (χ0n) is 20.2. The Hall–Kier alpha value is 0.579. The summed E-state index contributed by atoms with van der Waals surface area (Å²) < 4.78 is 0. The zero-order chi connectivity index (χ0) is 22.6. The molecule has 4 fully saturated rings. The van der Waals surface area contributed by atoms with Crippen LogP contribution in [0.3, 0.4) is 0 Å². The molecule has 1 aromatic rings. The van der Waals surface area contributed by atoms with Gasteiger partial charge in [0.1, 0.15) is 11.4 Å². The van der Waals surface area contributed by atoms with Crippen LogP contribution in [0, 0.1) is 127 Å². The number of rotatable bonds is 5. The van der Waals surface area contributed by atoms with Crippen LogP contribution in [-0.4, -0.2) is 23.3 Å². The maximum absolute atomic E-state index is 4.67. The number of hydrogen-bond donors (Lipinski definition) is 0. The van der Waals surface area contributed by atoms with Crippen molar-refractivity contribution in [2.24, 2.45) is 7.05 Å². The molecule has 20 radical (unpaired) electrons. The van der Waals surface area contributed by atoms with Crippen LogP contribution in [0.15, 0.2) is 0 Å². The van der Waals surface area contributed by atoms with Gasteiger partial charge in [-0.3, -0.25) is 0 Å². The van der Waals surface area contributed by atoms with Crippen LogP contribution in [0.4, 0.5) is 5.69 Å². The summed E-state index contributed by atoms with van der Waals surface area (Å²) in [5.74, 6) is 2.26. The van der Waals surface area contributed by atoms with Gasteiger partial charge in [-0.25, -0.2) is 0 Å². The van der Waals surface area contributed by atoms with Crippen molar-refractivity contribution in [3.8, 4) is 0 Å². The quantitative estimate of drug-likeness (QED) is 0.265. The maximum Gasteiger partial charge on any atom is 2.00 e. The summed E-state index contributed by atoms with van der Waals surface area (Å²) in [5, 5.41) is 9.33. The molecule has 1 aromatic heterocycles. The van der Waals surface area contributed by atoms with E-state index in [1.807, 2.05) is 96.9 Å². The first-order valence-corrected chi connectivity index (χ1v) is 11.1. The van der Waals surface area contributed by atoms with Gasteiger partial charge in [0.2, 0.25) is 0 Å². The van der Waals surface area contributed by atoms with E-state index in [9.17, 15) is 0 Å². The number of aromatic nitrogens is 3. The van der Waals surface area contributed by atoms with E-state index in [1.54, 1.807) is 4.80 Å². The molecule has 35 heavy (non-hydrogen) atoms. The van der Waals surface area contributed by atoms with Crippen LogP contribution in [0.1, 0.15) is 25.2 Å². The van der Waals surface area contributed by atoms with Gasteiger partial charge in [-0.1, -0.05) is 0 Å². The number of halogens is 1. The first kappa shape index (κ1) is 35.6. The molecule has 7 heteroatoms. The fourth-order valence-electron chi connectivity index (χ4n) is 3.45. The fourth-order valence-corrected chi connectivity index (χ4v) is 3.45. The smallest absolute Gasteiger partial charge is 1.00 e. The van der Waals surface area contributed by atoms with E-state index in [0.717, 1.165) is 42.0 Å². The van der Waals surface area contributed by atoms with Crippen LogP contribution in [0.5, 0.6) is 0 Å². The Labute approximate surface area is 254 Å². The molecule has 0 bridgehead atoms. The molecule has 0 aromatic carbocycles. The standard InChI is InChI=1S/C18H21N4.2C5H5.2Fe.HI/c1-4-22(5-2)18-16(14-10-6-7-11-14)19-21(3)20-17(18)15-12-8-9-13-15;2*1-2-4-5-3-1;;;/h6-13H,4-5H2,1-3H3;2*1-5H;;;1H/q+1;;;2*+2;/p-1. The summed E-state index contributed by atoms with van der Waals surface area (Å²) in [6, 6.07) is 0. The van der Waals surface area contributed by atoms with Crippen molar-refractivity contribution in [2.45, 2.75) is 13.8 Å². The molecule has 0 spiro atoms. The Balaban J connectivity index is 0.000000741. The molecular weight excluding hydrogens is 631 g/mol. The van der Waals surface area contributed by atoms with Crippen molar-refractivity contribution in [3.63, 3.8) is 0 Å². The van der Waals surface area contributed by atoms with Gasteiger partial charge in [0.15, 0.2) is 7.05 Å². The van der Waals surface area contributed by atoms with Crippen LogP contribution >= 0.6 is 0 Å².